The predicted molar refractivity (Wildman–Crippen MR) is 102 cm³/mol. The number of pyridine rings is 1. The number of nitriles is 1. The van der Waals surface area contributed by atoms with Crippen molar-refractivity contribution in [1.29, 1.82) is 5.26 Å². The molecular weight excluding hydrogens is 324 g/mol. The van der Waals surface area contributed by atoms with Crippen molar-refractivity contribution in [3.63, 3.8) is 0 Å². The van der Waals surface area contributed by atoms with Gasteiger partial charge >= 0.3 is 0 Å². The number of benzene rings is 2. The summed E-state index contributed by atoms with van der Waals surface area (Å²) in [6, 6.07) is 18.9. The molecule has 4 aromatic rings. The number of nitrogens with one attached hydrogen (secondary N) is 2. The van der Waals surface area contributed by atoms with Crippen molar-refractivity contribution in [2.24, 2.45) is 0 Å². The van der Waals surface area contributed by atoms with E-state index >= 15 is 0 Å². The first-order chi connectivity index (χ1) is 12.8. The molecule has 2 N–H and O–H groups in total. The van der Waals surface area contributed by atoms with Crippen LogP contribution in [0.3, 0.4) is 0 Å². The molecule has 0 saturated heterocycles. The number of hydrogen-bond acceptors (Lipinski definition) is 3. The van der Waals surface area contributed by atoms with Gasteiger partial charge in [0.25, 0.3) is 5.91 Å². The summed E-state index contributed by atoms with van der Waals surface area (Å²) in [6.07, 6.45) is 5.08. The van der Waals surface area contributed by atoms with Crippen LogP contribution in [-0.4, -0.2) is 15.9 Å². The zero-order valence-electron chi connectivity index (χ0n) is 13.7. The monoisotopic (exact) mass is 338 g/mol. The van der Waals surface area contributed by atoms with Crippen LogP contribution < -0.4 is 5.32 Å². The highest BCUT2D eigenvalue weighted by atomic mass is 16.1. The van der Waals surface area contributed by atoms with Crippen molar-refractivity contribution in [1.82, 2.24) is 9.97 Å². The smallest absolute Gasteiger partial charge is 0.266 e. The third-order valence-electron chi connectivity index (χ3n) is 4.18. The highest BCUT2D eigenvalue weighted by Crippen LogP contribution is 2.23. The van der Waals surface area contributed by atoms with Gasteiger partial charge in [0.15, 0.2) is 0 Å². The lowest BCUT2D eigenvalue weighted by Crippen LogP contribution is -2.13. The van der Waals surface area contributed by atoms with Crippen LogP contribution >= 0.6 is 0 Å². The Labute approximate surface area is 149 Å². The van der Waals surface area contributed by atoms with Crippen molar-refractivity contribution in [2.45, 2.75) is 0 Å². The van der Waals surface area contributed by atoms with Gasteiger partial charge in [-0.3, -0.25) is 9.78 Å². The fourth-order valence-electron chi connectivity index (χ4n) is 2.92. The number of anilines is 1. The van der Waals surface area contributed by atoms with Gasteiger partial charge in [0, 0.05) is 34.2 Å². The van der Waals surface area contributed by atoms with E-state index in [4.69, 9.17) is 0 Å². The van der Waals surface area contributed by atoms with Gasteiger partial charge in [0.05, 0.1) is 11.2 Å². The number of nitrogens with zero attached hydrogens (tertiary/aromatic N) is 2. The van der Waals surface area contributed by atoms with Crippen LogP contribution in [0.1, 0.15) is 5.56 Å². The Bertz CT molecular complexity index is 1190. The predicted octanol–water partition coefficient (Wildman–Crippen LogP) is 4.26. The van der Waals surface area contributed by atoms with Crippen molar-refractivity contribution < 1.29 is 4.79 Å². The van der Waals surface area contributed by atoms with E-state index in [1.54, 1.807) is 24.5 Å². The minimum atomic E-state index is -0.450. The van der Waals surface area contributed by atoms with E-state index < -0.39 is 5.91 Å². The molecule has 0 fully saturated rings. The second kappa shape index (κ2) is 6.54. The normalized spacial score (nSPS) is 11.4. The molecular formula is C21H14N4O. The molecule has 0 saturated carbocycles. The zero-order valence-corrected chi connectivity index (χ0v) is 13.7. The van der Waals surface area contributed by atoms with Crippen molar-refractivity contribution >= 4 is 39.5 Å². The van der Waals surface area contributed by atoms with Gasteiger partial charge in [-0.15, -0.1) is 0 Å². The number of aromatic amines is 1. The first-order valence-corrected chi connectivity index (χ1v) is 8.09. The SMILES string of the molecule is N#C/C(=C\c1c[nH]c2ccccc12)C(=O)Nc1cccc2ncccc12. The number of carbonyl (C=O) groups is 1. The van der Waals surface area contributed by atoms with Crippen LogP contribution in [0.15, 0.2) is 72.6 Å². The van der Waals surface area contributed by atoms with Gasteiger partial charge in [0.2, 0.25) is 0 Å². The Morgan fingerprint density at radius 3 is 2.81 bits per heavy atom. The Balaban J connectivity index is 1.69. The summed E-state index contributed by atoms with van der Waals surface area (Å²) >= 11 is 0. The molecule has 2 aromatic heterocycles. The molecule has 0 bridgehead atoms. The first kappa shape index (κ1) is 15.6. The fraction of sp³-hybridized carbons (Fsp3) is 0. The number of para-hydroxylation sites is 1. The average Bonchev–Trinajstić information content (AvgIpc) is 3.09. The molecule has 26 heavy (non-hydrogen) atoms. The lowest BCUT2D eigenvalue weighted by Gasteiger charge is -2.07. The zero-order chi connectivity index (χ0) is 17.9. The molecule has 5 heteroatoms. The average molecular weight is 338 g/mol. The quantitative estimate of drug-likeness (QED) is 0.432. The van der Waals surface area contributed by atoms with Crippen LogP contribution in [-0.2, 0) is 4.79 Å². The Hall–Kier alpha value is -3.91. The van der Waals surface area contributed by atoms with Gasteiger partial charge in [-0.05, 0) is 36.4 Å². The number of aromatic nitrogens is 2. The summed E-state index contributed by atoms with van der Waals surface area (Å²) < 4.78 is 0. The molecule has 0 spiro atoms. The number of H-pyrrole nitrogens is 1. The van der Waals surface area contributed by atoms with Gasteiger partial charge in [-0.1, -0.05) is 24.3 Å². The number of amides is 1. The molecule has 0 aliphatic rings. The molecule has 0 unspecified atom stereocenters. The summed E-state index contributed by atoms with van der Waals surface area (Å²) in [5.41, 5.74) is 3.20. The third kappa shape index (κ3) is 2.80. The Kier molecular flexibility index (Phi) is 3.92. The summed E-state index contributed by atoms with van der Waals surface area (Å²) in [7, 11) is 0. The third-order valence-corrected chi connectivity index (χ3v) is 4.18. The van der Waals surface area contributed by atoms with Crippen molar-refractivity contribution in [2.75, 3.05) is 5.32 Å². The summed E-state index contributed by atoms with van der Waals surface area (Å²) in [5, 5.41) is 14.1. The largest absolute Gasteiger partial charge is 0.361 e. The van der Waals surface area contributed by atoms with Crippen LogP contribution in [0.5, 0.6) is 0 Å². The Morgan fingerprint density at radius 1 is 1.08 bits per heavy atom. The molecule has 0 aliphatic heterocycles. The highest BCUT2D eigenvalue weighted by molar-refractivity contribution is 6.13. The lowest BCUT2D eigenvalue weighted by atomic mass is 10.1. The number of rotatable bonds is 3. The lowest BCUT2D eigenvalue weighted by molar-refractivity contribution is -0.112. The number of hydrogen-bond donors (Lipinski definition) is 2. The minimum absolute atomic E-state index is 0.0376. The van der Waals surface area contributed by atoms with Crippen LogP contribution in [0, 0.1) is 11.3 Å². The summed E-state index contributed by atoms with van der Waals surface area (Å²) in [4.78, 5) is 20.0. The molecule has 1 amide bonds. The maximum absolute atomic E-state index is 12.6. The molecule has 0 atom stereocenters. The molecule has 4 rings (SSSR count). The van der Waals surface area contributed by atoms with Crippen molar-refractivity contribution in [3.8, 4) is 6.07 Å². The van der Waals surface area contributed by atoms with E-state index in [2.05, 4.69) is 15.3 Å². The molecule has 0 aliphatic carbocycles. The topological polar surface area (TPSA) is 81.6 Å². The highest BCUT2D eigenvalue weighted by Gasteiger charge is 2.12. The second-order valence-corrected chi connectivity index (χ2v) is 5.79. The van der Waals surface area contributed by atoms with Gasteiger partial charge < -0.3 is 10.3 Å². The molecule has 0 radical (unpaired) electrons. The number of carbonyl (C=O) groups excluding carboxylic acids is 1. The van der Waals surface area contributed by atoms with Gasteiger partial charge in [0.1, 0.15) is 11.6 Å². The first-order valence-electron chi connectivity index (χ1n) is 8.09. The molecule has 2 heterocycles. The van der Waals surface area contributed by atoms with E-state index in [1.165, 1.54) is 0 Å². The maximum atomic E-state index is 12.6. The summed E-state index contributed by atoms with van der Waals surface area (Å²) in [6.45, 7) is 0. The van der Waals surface area contributed by atoms with Crippen LogP contribution in [0.25, 0.3) is 27.9 Å². The van der Waals surface area contributed by atoms with E-state index in [9.17, 15) is 10.1 Å². The standard InChI is InChI=1S/C21H14N4O/c22-12-14(11-15-13-24-18-7-2-1-5-16(15)18)21(26)25-20-9-3-8-19-17(20)6-4-10-23-19/h1-11,13,24H,(H,25,26)/b14-11+. The van der Waals surface area contributed by atoms with Crippen molar-refractivity contribution in [3.05, 3.63) is 78.1 Å². The van der Waals surface area contributed by atoms with Crippen LogP contribution in [0.2, 0.25) is 0 Å². The van der Waals surface area contributed by atoms with Gasteiger partial charge in [-0.25, -0.2) is 0 Å². The second-order valence-electron chi connectivity index (χ2n) is 5.79. The van der Waals surface area contributed by atoms with Crippen LogP contribution in [0.4, 0.5) is 5.69 Å². The molecule has 124 valence electrons. The van der Waals surface area contributed by atoms with E-state index in [0.717, 1.165) is 27.4 Å². The number of fused-ring (bicyclic) bond motifs is 2. The minimum Gasteiger partial charge on any atom is -0.361 e. The van der Waals surface area contributed by atoms with E-state index in [1.807, 2.05) is 54.6 Å². The molecule has 5 nitrogen and oxygen atoms in total. The maximum Gasteiger partial charge on any atom is 0.266 e. The van der Waals surface area contributed by atoms with Gasteiger partial charge in [-0.2, -0.15) is 5.26 Å². The Morgan fingerprint density at radius 2 is 1.92 bits per heavy atom. The van der Waals surface area contributed by atoms with E-state index in [-0.39, 0.29) is 5.57 Å². The molecule has 2 aromatic carbocycles. The van der Waals surface area contributed by atoms with E-state index in [0.29, 0.717) is 5.69 Å². The summed E-state index contributed by atoms with van der Waals surface area (Å²) in [5.74, 6) is -0.450. The fourth-order valence-corrected chi connectivity index (χ4v) is 2.92.